The molecule has 1 aliphatic rings. The van der Waals surface area contributed by atoms with Crippen LogP contribution in [0.3, 0.4) is 0 Å². The maximum atomic E-state index is 13.8. The number of aromatic nitrogens is 4. The monoisotopic (exact) mass is 486 g/mol. The van der Waals surface area contributed by atoms with Gasteiger partial charge in [0.25, 0.3) is 0 Å². The number of nitrogens with zero attached hydrogens (tertiary/aromatic N) is 4. The largest absolute Gasteiger partial charge is 0.394 e. The minimum Gasteiger partial charge on any atom is -0.394 e. The molecule has 0 spiro atoms. The van der Waals surface area contributed by atoms with Crippen LogP contribution in [-0.2, 0) is 4.74 Å². The van der Waals surface area contributed by atoms with Crippen LogP contribution in [0.1, 0.15) is 6.04 Å². The normalized spacial score (nSPS) is 26.2. The topological polar surface area (TPSA) is 114 Å². The summed E-state index contributed by atoms with van der Waals surface area (Å²) in [7, 11) is 0. The van der Waals surface area contributed by atoms with Crippen LogP contribution in [-0.4, -0.2) is 65.7 Å². The molecule has 3 heterocycles. The van der Waals surface area contributed by atoms with E-state index in [1.165, 1.54) is 29.2 Å². The Kier molecular flexibility index (Phi) is 6.77. The van der Waals surface area contributed by atoms with Crippen molar-refractivity contribution in [3.8, 4) is 11.3 Å². The minimum absolute atomic E-state index is 0.0208. The Morgan fingerprint density at radius 2 is 1.97 bits per heavy atom. The van der Waals surface area contributed by atoms with Gasteiger partial charge >= 0.3 is 0 Å². The molecule has 12 heteroatoms. The van der Waals surface area contributed by atoms with E-state index in [2.05, 4.69) is 15.3 Å². The van der Waals surface area contributed by atoms with Crippen molar-refractivity contribution in [3.05, 3.63) is 58.7 Å². The van der Waals surface area contributed by atoms with Crippen molar-refractivity contribution >= 4 is 35.0 Å². The van der Waals surface area contributed by atoms with Crippen molar-refractivity contribution in [3.63, 3.8) is 0 Å². The molecule has 0 radical (unpaired) electrons. The fourth-order valence-electron chi connectivity index (χ4n) is 3.28. The number of aliphatic hydroxyl groups excluding tert-OH is 3. The average molecular weight is 487 g/mol. The van der Waals surface area contributed by atoms with Gasteiger partial charge in [0.05, 0.1) is 22.8 Å². The van der Waals surface area contributed by atoms with Crippen molar-refractivity contribution in [1.82, 2.24) is 20.0 Å². The Bertz CT molecular complexity index is 1070. The van der Waals surface area contributed by atoms with Crippen LogP contribution in [0.5, 0.6) is 0 Å². The summed E-state index contributed by atoms with van der Waals surface area (Å²) in [6, 6.07) is 4.88. The van der Waals surface area contributed by atoms with Gasteiger partial charge in [0.1, 0.15) is 41.3 Å². The Balaban J connectivity index is 1.62. The lowest BCUT2D eigenvalue weighted by atomic mass is 9.97. The highest BCUT2D eigenvalue weighted by Crippen LogP contribution is 2.38. The van der Waals surface area contributed by atoms with E-state index in [9.17, 15) is 19.7 Å². The molecule has 1 saturated heterocycles. The van der Waals surface area contributed by atoms with Crippen LogP contribution in [0, 0.1) is 5.82 Å². The van der Waals surface area contributed by atoms with E-state index < -0.39 is 42.2 Å². The molecule has 3 aromatic rings. The predicted molar refractivity (Wildman–Crippen MR) is 112 cm³/mol. The van der Waals surface area contributed by atoms with Crippen LogP contribution in [0.4, 0.5) is 4.39 Å². The summed E-state index contributed by atoms with van der Waals surface area (Å²) in [5, 5.41) is 39.7. The lowest BCUT2D eigenvalue weighted by molar-refractivity contribution is -0.178. The Morgan fingerprint density at radius 3 is 2.68 bits per heavy atom. The van der Waals surface area contributed by atoms with Gasteiger partial charge in [0, 0.05) is 22.9 Å². The zero-order chi connectivity index (χ0) is 22.1. The lowest BCUT2D eigenvalue weighted by Crippen LogP contribution is -2.55. The van der Waals surface area contributed by atoms with Crippen molar-refractivity contribution in [1.29, 1.82) is 0 Å². The summed E-state index contributed by atoms with van der Waals surface area (Å²) < 4.78 is 20.8. The number of pyridine rings is 1. The first kappa shape index (κ1) is 22.4. The van der Waals surface area contributed by atoms with E-state index in [0.29, 0.717) is 21.2 Å². The lowest BCUT2D eigenvalue weighted by Gasteiger charge is -2.41. The smallest absolute Gasteiger partial charge is 0.142 e. The second-order valence-corrected chi connectivity index (χ2v) is 8.88. The van der Waals surface area contributed by atoms with Crippen LogP contribution >= 0.6 is 35.0 Å². The average Bonchev–Trinajstić information content (AvgIpc) is 3.22. The molecule has 3 N–H and O–H groups in total. The number of halogens is 3. The van der Waals surface area contributed by atoms with Crippen LogP contribution in [0.15, 0.2) is 47.8 Å². The maximum absolute atomic E-state index is 13.8. The molecule has 164 valence electrons. The van der Waals surface area contributed by atoms with Gasteiger partial charge in [0.15, 0.2) is 0 Å². The molecule has 1 aromatic carbocycles. The van der Waals surface area contributed by atoms with Gasteiger partial charge in [-0.25, -0.2) is 9.07 Å². The third-order valence-corrected chi connectivity index (χ3v) is 6.44. The molecular weight excluding hydrogens is 470 g/mol. The summed E-state index contributed by atoms with van der Waals surface area (Å²) >= 11 is 12.8. The van der Waals surface area contributed by atoms with Crippen LogP contribution in [0.2, 0.25) is 10.0 Å². The van der Waals surface area contributed by atoms with Gasteiger partial charge in [-0.2, -0.15) is 0 Å². The van der Waals surface area contributed by atoms with E-state index in [4.69, 9.17) is 27.9 Å². The summed E-state index contributed by atoms with van der Waals surface area (Å²) in [5.41, 5.74) is -0.101. The minimum atomic E-state index is -1.27. The molecule has 5 atom stereocenters. The van der Waals surface area contributed by atoms with E-state index >= 15 is 0 Å². The molecule has 1 aliphatic heterocycles. The zero-order valence-corrected chi connectivity index (χ0v) is 18.0. The second kappa shape index (κ2) is 9.37. The number of aliphatic hydroxyl groups is 3. The molecule has 0 aliphatic carbocycles. The molecule has 31 heavy (non-hydrogen) atoms. The van der Waals surface area contributed by atoms with Gasteiger partial charge in [-0.1, -0.05) is 46.2 Å². The number of hydrogen-bond acceptors (Lipinski definition) is 8. The number of benzene rings is 1. The molecular formula is C19H17Cl2FN4O4S. The summed E-state index contributed by atoms with van der Waals surface area (Å²) in [4.78, 5) is 4.64. The first-order chi connectivity index (χ1) is 14.9. The molecule has 1 fully saturated rings. The van der Waals surface area contributed by atoms with Gasteiger partial charge in [-0.3, -0.25) is 4.98 Å². The van der Waals surface area contributed by atoms with Crippen molar-refractivity contribution in [2.45, 2.75) is 34.7 Å². The van der Waals surface area contributed by atoms with Gasteiger partial charge < -0.3 is 20.1 Å². The first-order valence-corrected chi connectivity index (χ1v) is 10.8. The standard InChI is InChI=1S/C19H17Cl2FN4O4S/c20-10-4-11(6-23-5-10)31-19-18(29)16(17(28)15(8-27)30-19)26-7-14(24-25-26)9-1-2-12(21)13(22)3-9/h1-7,15-19,27-29H,8H2/t15?,16?,17?,18-,19?/m0/s1. The second-order valence-electron chi connectivity index (χ2n) is 6.87. The third-order valence-electron chi connectivity index (χ3n) is 4.81. The fraction of sp³-hybridized carbons (Fsp3) is 0.316. The fourth-order valence-corrected chi connectivity index (χ4v) is 4.72. The van der Waals surface area contributed by atoms with Crippen molar-refractivity contribution < 1.29 is 24.4 Å². The van der Waals surface area contributed by atoms with Crippen LogP contribution < -0.4 is 0 Å². The molecule has 0 amide bonds. The highest BCUT2D eigenvalue weighted by molar-refractivity contribution is 7.99. The quantitative estimate of drug-likeness (QED) is 0.504. The molecule has 4 rings (SSSR count). The Morgan fingerprint density at radius 1 is 1.16 bits per heavy atom. The van der Waals surface area contributed by atoms with Crippen LogP contribution in [0.25, 0.3) is 11.3 Å². The number of hydrogen-bond donors (Lipinski definition) is 3. The van der Waals surface area contributed by atoms with Gasteiger partial charge in [-0.15, -0.1) is 5.10 Å². The number of thioether (sulfide) groups is 1. The summed E-state index contributed by atoms with van der Waals surface area (Å²) in [5.74, 6) is -0.605. The molecule has 4 unspecified atom stereocenters. The molecule has 2 aromatic heterocycles. The summed E-state index contributed by atoms with van der Waals surface area (Å²) in [6.07, 6.45) is 1.04. The number of rotatable bonds is 5. The van der Waals surface area contributed by atoms with Gasteiger partial charge in [0.2, 0.25) is 0 Å². The predicted octanol–water partition coefficient (Wildman–Crippen LogP) is 2.56. The molecule has 0 saturated carbocycles. The van der Waals surface area contributed by atoms with E-state index in [0.717, 1.165) is 11.8 Å². The molecule has 0 bridgehead atoms. The van der Waals surface area contributed by atoms with Crippen molar-refractivity contribution in [2.75, 3.05) is 6.61 Å². The number of ether oxygens (including phenoxy) is 1. The van der Waals surface area contributed by atoms with E-state index in [1.807, 2.05) is 0 Å². The van der Waals surface area contributed by atoms with E-state index in [1.54, 1.807) is 18.3 Å². The van der Waals surface area contributed by atoms with Gasteiger partial charge in [-0.05, 0) is 18.2 Å². The first-order valence-electron chi connectivity index (χ1n) is 9.14. The highest BCUT2D eigenvalue weighted by atomic mass is 35.5. The molecule has 8 nitrogen and oxygen atoms in total. The highest BCUT2D eigenvalue weighted by Gasteiger charge is 2.46. The Hall–Kier alpha value is -1.79. The third kappa shape index (κ3) is 4.70. The van der Waals surface area contributed by atoms with E-state index in [-0.39, 0.29) is 5.02 Å². The maximum Gasteiger partial charge on any atom is 0.142 e. The zero-order valence-electron chi connectivity index (χ0n) is 15.7. The Labute approximate surface area is 190 Å². The van der Waals surface area contributed by atoms with Crippen molar-refractivity contribution in [2.24, 2.45) is 0 Å². The summed E-state index contributed by atoms with van der Waals surface area (Å²) in [6.45, 7) is -0.473. The SMILES string of the molecule is OCC1OC(Sc2cncc(Cl)c2)[C@@H](O)C(n2cc(-c3ccc(Cl)c(F)c3)nn2)C1O.